The minimum Gasteiger partial charge on any atom is -0.307 e. The van der Waals surface area contributed by atoms with Crippen molar-refractivity contribution in [2.75, 3.05) is 11.4 Å². The quantitative estimate of drug-likeness (QED) is 0.537. The van der Waals surface area contributed by atoms with Gasteiger partial charge in [0.05, 0.1) is 28.2 Å². The van der Waals surface area contributed by atoms with E-state index in [1.165, 1.54) is 12.1 Å². The fraction of sp³-hybridized carbons (Fsp3) is 0.158. The van der Waals surface area contributed by atoms with Crippen LogP contribution in [0.3, 0.4) is 0 Å². The summed E-state index contributed by atoms with van der Waals surface area (Å²) in [5.74, 6) is -0.170. The van der Waals surface area contributed by atoms with Crippen LogP contribution >= 0.6 is 0 Å². The third kappa shape index (κ3) is 2.63. The van der Waals surface area contributed by atoms with E-state index in [1.54, 1.807) is 34.3 Å². The predicted octanol–water partition coefficient (Wildman–Crippen LogP) is 3.29. The van der Waals surface area contributed by atoms with Crippen molar-refractivity contribution in [3.63, 3.8) is 0 Å². The maximum absolute atomic E-state index is 13.3. The highest BCUT2D eigenvalue weighted by Crippen LogP contribution is 2.33. The van der Waals surface area contributed by atoms with E-state index in [0.29, 0.717) is 24.2 Å². The molecule has 0 N–H and O–H groups in total. The Morgan fingerprint density at radius 2 is 2.04 bits per heavy atom. The lowest BCUT2D eigenvalue weighted by atomic mass is 10.1. The van der Waals surface area contributed by atoms with Gasteiger partial charge in [-0.25, -0.2) is 4.98 Å². The summed E-state index contributed by atoms with van der Waals surface area (Å²) in [5, 5.41) is 11.1. The van der Waals surface area contributed by atoms with Gasteiger partial charge in [-0.05, 0) is 31.0 Å². The molecule has 130 valence electrons. The molecule has 26 heavy (non-hydrogen) atoms. The summed E-state index contributed by atoms with van der Waals surface area (Å²) < 4.78 is 1.79. The molecule has 0 atom stereocenters. The molecular weight excluding hydrogens is 332 g/mol. The van der Waals surface area contributed by atoms with Gasteiger partial charge in [-0.2, -0.15) is 0 Å². The maximum Gasteiger partial charge on any atom is 0.271 e. The Hall–Kier alpha value is -3.48. The first kappa shape index (κ1) is 16.0. The van der Waals surface area contributed by atoms with Crippen LogP contribution < -0.4 is 4.90 Å². The monoisotopic (exact) mass is 348 g/mol. The van der Waals surface area contributed by atoms with E-state index in [0.717, 1.165) is 16.8 Å². The van der Waals surface area contributed by atoms with Crippen LogP contribution in [0.15, 0.2) is 55.1 Å². The number of nitro groups is 1. The molecule has 1 aliphatic rings. The van der Waals surface area contributed by atoms with Crippen LogP contribution in [0.25, 0.3) is 5.69 Å². The molecule has 0 fully saturated rings. The summed E-state index contributed by atoms with van der Waals surface area (Å²) in [6, 6.07) is 10.4. The van der Waals surface area contributed by atoms with Crippen LogP contribution in [0.5, 0.6) is 0 Å². The molecule has 3 aromatic rings. The molecule has 0 aliphatic carbocycles. The maximum atomic E-state index is 13.3. The van der Waals surface area contributed by atoms with Crippen LogP contribution in [0.1, 0.15) is 21.5 Å². The SMILES string of the molecule is Cc1ccc(-n2ccnc2)c(C(=O)N2CCc3ccc([N+](=O)[O-])cc32)c1. The Morgan fingerprint density at radius 1 is 1.19 bits per heavy atom. The standard InChI is InChI=1S/C19H16N4O3/c1-13-2-5-17(21-9-7-20-12-21)16(10-13)19(24)22-8-6-14-3-4-15(23(25)26)11-18(14)22/h2-5,7,9-12H,6,8H2,1H3. The summed E-state index contributed by atoms with van der Waals surface area (Å²) >= 11 is 0. The van der Waals surface area contributed by atoms with Crippen molar-refractivity contribution >= 4 is 17.3 Å². The van der Waals surface area contributed by atoms with Gasteiger partial charge in [0.15, 0.2) is 0 Å². The summed E-state index contributed by atoms with van der Waals surface area (Å²) in [7, 11) is 0. The number of nitro benzene ring substituents is 1. The van der Waals surface area contributed by atoms with E-state index < -0.39 is 4.92 Å². The second kappa shape index (κ2) is 6.11. The first-order chi connectivity index (χ1) is 12.5. The second-order valence-electron chi connectivity index (χ2n) is 6.27. The lowest BCUT2D eigenvalue weighted by Crippen LogP contribution is -2.30. The number of nitrogens with zero attached hydrogens (tertiary/aromatic N) is 4. The summed E-state index contributed by atoms with van der Waals surface area (Å²) in [5.41, 5.74) is 3.79. The second-order valence-corrected chi connectivity index (χ2v) is 6.27. The normalized spacial score (nSPS) is 12.9. The smallest absolute Gasteiger partial charge is 0.271 e. The predicted molar refractivity (Wildman–Crippen MR) is 96.8 cm³/mol. The van der Waals surface area contributed by atoms with Gasteiger partial charge in [0.2, 0.25) is 0 Å². The number of non-ortho nitro benzene ring substituents is 1. The van der Waals surface area contributed by atoms with E-state index in [-0.39, 0.29) is 11.6 Å². The van der Waals surface area contributed by atoms with E-state index >= 15 is 0 Å². The minimum absolute atomic E-state index is 0.0116. The molecule has 0 spiro atoms. The van der Waals surface area contributed by atoms with Crippen LogP contribution in [0.4, 0.5) is 11.4 Å². The molecule has 0 unspecified atom stereocenters. The molecule has 2 heterocycles. The van der Waals surface area contributed by atoms with Gasteiger partial charge < -0.3 is 9.47 Å². The largest absolute Gasteiger partial charge is 0.307 e. The zero-order valence-corrected chi connectivity index (χ0v) is 14.1. The van der Waals surface area contributed by atoms with Gasteiger partial charge in [0, 0.05) is 31.1 Å². The number of fused-ring (bicyclic) bond motifs is 1. The fourth-order valence-electron chi connectivity index (χ4n) is 3.29. The molecule has 0 bridgehead atoms. The number of hydrogen-bond donors (Lipinski definition) is 0. The van der Waals surface area contributed by atoms with E-state index in [4.69, 9.17) is 0 Å². The minimum atomic E-state index is -0.440. The van der Waals surface area contributed by atoms with Gasteiger partial charge >= 0.3 is 0 Å². The van der Waals surface area contributed by atoms with Gasteiger partial charge in [-0.15, -0.1) is 0 Å². The molecule has 7 nitrogen and oxygen atoms in total. The first-order valence-electron chi connectivity index (χ1n) is 8.23. The number of rotatable bonds is 3. The molecule has 1 aliphatic heterocycles. The van der Waals surface area contributed by atoms with Gasteiger partial charge in [-0.3, -0.25) is 14.9 Å². The summed E-state index contributed by atoms with van der Waals surface area (Å²) in [6.45, 7) is 2.43. The zero-order valence-electron chi connectivity index (χ0n) is 14.1. The number of benzene rings is 2. The lowest BCUT2D eigenvalue weighted by Gasteiger charge is -2.20. The van der Waals surface area contributed by atoms with Crippen LogP contribution in [0, 0.1) is 17.0 Å². The number of hydrogen-bond acceptors (Lipinski definition) is 4. The number of carbonyl (C=O) groups excluding carboxylic acids is 1. The Bertz CT molecular complexity index is 1010. The van der Waals surface area contributed by atoms with Crippen molar-refractivity contribution in [3.05, 3.63) is 81.9 Å². The molecule has 1 aromatic heterocycles. The van der Waals surface area contributed by atoms with Gasteiger partial charge in [0.25, 0.3) is 11.6 Å². The number of amides is 1. The Morgan fingerprint density at radius 3 is 2.77 bits per heavy atom. The van der Waals surface area contributed by atoms with E-state index in [1.807, 2.05) is 25.1 Å². The lowest BCUT2D eigenvalue weighted by molar-refractivity contribution is -0.384. The Labute approximate surface area is 149 Å². The van der Waals surface area contributed by atoms with Crippen molar-refractivity contribution in [1.29, 1.82) is 0 Å². The highest BCUT2D eigenvalue weighted by molar-refractivity contribution is 6.09. The highest BCUT2D eigenvalue weighted by Gasteiger charge is 2.29. The summed E-state index contributed by atoms with van der Waals surface area (Å²) in [6.07, 6.45) is 5.77. The number of aryl methyl sites for hydroxylation is 1. The molecule has 4 rings (SSSR count). The highest BCUT2D eigenvalue weighted by atomic mass is 16.6. The van der Waals surface area contributed by atoms with Crippen molar-refractivity contribution in [2.45, 2.75) is 13.3 Å². The number of carbonyl (C=O) groups is 1. The molecule has 2 aromatic carbocycles. The van der Waals surface area contributed by atoms with Crippen molar-refractivity contribution < 1.29 is 9.72 Å². The van der Waals surface area contributed by atoms with Crippen molar-refractivity contribution in [2.24, 2.45) is 0 Å². The van der Waals surface area contributed by atoms with Crippen molar-refractivity contribution in [3.8, 4) is 5.69 Å². The molecular formula is C19H16N4O3. The fourth-order valence-corrected chi connectivity index (χ4v) is 3.29. The van der Waals surface area contributed by atoms with Gasteiger partial charge in [-0.1, -0.05) is 17.7 Å². The molecule has 0 radical (unpaired) electrons. The number of anilines is 1. The molecule has 0 saturated heterocycles. The topological polar surface area (TPSA) is 81.3 Å². The third-order valence-electron chi connectivity index (χ3n) is 4.59. The molecule has 1 amide bonds. The van der Waals surface area contributed by atoms with Gasteiger partial charge in [0.1, 0.15) is 0 Å². The molecule has 7 heteroatoms. The number of aromatic nitrogens is 2. The zero-order chi connectivity index (χ0) is 18.3. The van der Waals surface area contributed by atoms with E-state index in [9.17, 15) is 14.9 Å². The van der Waals surface area contributed by atoms with Crippen LogP contribution in [-0.4, -0.2) is 26.9 Å². The van der Waals surface area contributed by atoms with Crippen molar-refractivity contribution in [1.82, 2.24) is 9.55 Å². The third-order valence-corrected chi connectivity index (χ3v) is 4.59. The first-order valence-corrected chi connectivity index (χ1v) is 8.23. The van der Waals surface area contributed by atoms with Crippen LogP contribution in [0.2, 0.25) is 0 Å². The Kier molecular flexibility index (Phi) is 3.76. The van der Waals surface area contributed by atoms with E-state index in [2.05, 4.69) is 4.98 Å². The molecule has 0 saturated carbocycles. The average molecular weight is 348 g/mol. The number of imidazole rings is 1. The van der Waals surface area contributed by atoms with Crippen LogP contribution in [-0.2, 0) is 6.42 Å². The summed E-state index contributed by atoms with van der Waals surface area (Å²) in [4.78, 5) is 29.6. The Balaban J connectivity index is 1.78. The average Bonchev–Trinajstić information content (AvgIpc) is 3.30.